The number of aryl methyl sites for hydroxylation is 2. The van der Waals surface area contributed by atoms with Crippen molar-refractivity contribution >= 4 is 34.0 Å². The maximum Gasteiger partial charge on any atom is 0.264 e. The second-order valence-electron chi connectivity index (χ2n) is 6.62. The number of hydrogen-bond donors (Lipinski definition) is 1. The molecular formula is C21H19N3O3S. The minimum atomic E-state index is -0.178. The van der Waals surface area contributed by atoms with Gasteiger partial charge in [-0.05, 0) is 43.7 Å². The molecule has 0 spiro atoms. The van der Waals surface area contributed by atoms with E-state index in [1.165, 1.54) is 11.3 Å². The van der Waals surface area contributed by atoms with E-state index in [4.69, 9.17) is 4.74 Å². The van der Waals surface area contributed by atoms with E-state index in [2.05, 4.69) is 10.3 Å². The van der Waals surface area contributed by atoms with Crippen molar-refractivity contribution in [3.63, 3.8) is 0 Å². The van der Waals surface area contributed by atoms with Crippen LogP contribution in [0.4, 0.5) is 10.8 Å². The van der Waals surface area contributed by atoms with Crippen LogP contribution in [0.1, 0.15) is 20.8 Å². The first-order chi connectivity index (χ1) is 13.4. The second-order valence-corrected chi connectivity index (χ2v) is 7.82. The molecule has 3 aromatic rings. The quantitative estimate of drug-likeness (QED) is 0.729. The van der Waals surface area contributed by atoms with Crippen LogP contribution in [0.15, 0.2) is 42.5 Å². The molecule has 0 fully saturated rings. The molecule has 1 aliphatic rings. The first-order valence-corrected chi connectivity index (χ1v) is 9.64. The van der Waals surface area contributed by atoms with Crippen LogP contribution in [-0.4, -0.2) is 30.5 Å². The highest BCUT2D eigenvalue weighted by atomic mass is 32.1. The van der Waals surface area contributed by atoms with Gasteiger partial charge in [0.15, 0.2) is 11.7 Å². The summed E-state index contributed by atoms with van der Waals surface area (Å²) >= 11 is 1.42. The number of benzene rings is 2. The Morgan fingerprint density at radius 2 is 2.00 bits per heavy atom. The number of amides is 2. The van der Waals surface area contributed by atoms with Crippen molar-refractivity contribution in [2.24, 2.45) is 0 Å². The lowest BCUT2D eigenvalue weighted by molar-refractivity contribution is -0.120. The monoisotopic (exact) mass is 393 g/mol. The largest absolute Gasteiger partial charge is 0.482 e. The van der Waals surface area contributed by atoms with E-state index < -0.39 is 0 Å². The zero-order chi connectivity index (χ0) is 19.8. The molecule has 6 nitrogen and oxygen atoms in total. The molecule has 0 unspecified atom stereocenters. The number of thiazole rings is 1. The highest BCUT2D eigenvalue weighted by Gasteiger charge is 2.23. The van der Waals surface area contributed by atoms with Crippen LogP contribution in [0.2, 0.25) is 0 Å². The zero-order valence-corrected chi connectivity index (χ0v) is 16.6. The Kier molecular flexibility index (Phi) is 4.60. The number of carbonyl (C=O) groups excluding carboxylic acids is 2. The van der Waals surface area contributed by atoms with Crippen molar-refractivity contribution in [3.8, 4) is 17.0 Å². The standard InChI is InChI=1S/C21H19N3O3S/c1-12-6-4-5-7-15(12)20(26)23-21-22-19(13(2)28-21)14-8-9-17-16(10-14)24(3)18(25)11-27-17/h4-10H,11H2,1-3H3,(H,22,23,26). The summed E-state index contributed by atoms with van der Waals surface area (Å²) in [6.45, 7) is 3.91. The smallest absolute Gasteiger partial charge is 0.264 e. The summed E-state index contributed by atoms with van der Waals surface area (Å²) in [4.78, 5) is 31.6. The van der Waals surface area contributed by atoms with Crippen LogP contribution in [0.3, 0.4) is 0 Å². The van der Waals surface area contributed by atoms with Gasteiger partial charge in [-0.3, -0.25) is 14.9 Å². The first-order valence-electron chi connectivity index (χ1n) is 8.82. The maximum atomic E-state index is 12.6. The topological polar surface area (TPSA) is 71.5 Å². The maximum absolute atomic E-state index is 12.6. The number of aromatic nitrogens is 1. The highest BCUT2D eigenvalue weighted by Crippen LogP contribution is 2.37. The molecule has 2 heterocycles. The molecule has 1 N–H and O–H groups in total. The molecule has 28 heavy (non-hydrogen) atoms. The summed E-state index contributed by atoms with van der Waals surface area (Å²) in [5, 5.41) is 3.43. The molecule has 0 atom stereocenters. The van der Waals surface area contributed by atoms with E-state index in [9.17, 15) is 9.59 Å². The summed E-state index contributed by atoms with van der Waals surface area (Å²) in [6, 6.07) is 13.1. The van der Waals surface area contributed by atoms with Crippen molar-refractivity contribution in [2.75, 3.05) is 23.9 Å². The van der Waals surface area contributed by atoms with Gasteiger partial charge in [-0.25, -0.2) is 4.98 Å². The fourth-order valence-electron chi connectivity index (χ4n) is 3.13. The Morgan fingerprint density at radius 3 is 2.79 bits per heavy atom. The molecule has 0 radical (unpaired) electrons. The summed E-state index contributed by atoms with van der Waals surface area (Å²) in [6.07, 6.45) is 0. The molecule has 7 heteroatoms. The number of anilines is 2. The van der Waals surface area contributed by atoms with E-state index in [1.807, 2.05) is 50.2 Å². The summed E-state index contributed by atoms with van der Waals surface area (Å²) in [7, 11) is 1.73. The summed E-state index contributed by atoms with van der Waals surface area (Å²) in [5.41, 5.74) is 3.90. The van der Waals surface area contributed by atoms with Crippen LogP contribution in [-0.2, 0) is 4.79 Å². The molecule has 0 bridgehead atoms. The predicted octanol–water partition coefficient (Wildman–Crippen LogP) is 4.03. The summed E-state index contributed by atoms with van der Waals surface area (Å²) in [5.74, 6) is 0.403. The van der Waals surface area contributed by atoms with Gasteiger partial charge in [0.1, 0.15) is 5.75 Å². The Bertz CT molecular complexity index is 1090. The van der Waals surface area contributed by atoms with Crippen LogP contribution < -0.4 is 15.0 Å². The Morgan fingerprint density at radius 1 is 1.21 bits per heavy atom. The second kappa shape index (κ2) is 7.09. The Hall–Kier alpha value is -3.19. The van der Waals surface area contributed by atoms with Crippen molar-refractivity contribution in [3.05, 3.63) is 58.5 Å². The van der Waals surface area contributed by atoms with Crippen molar-refractivity contribution in [1.82, 2.24) is 4.98 Å². The number of likely N-dealkylation sites (N-methyl/N-ethyl adjacent to an activating group) is 1. The van der Waals surface area contributed by atoms with Crippen LogP contribution in [0, 0.1) is 13.8 Å². The number of rotatable bonds is 3. The number of carbonyl (C=O) groups is 2. The molecule has 2 aromatic carbocycles. The fraction of sp³-hybridized carbons (Fsp3) is 0.190. The van der Waals surface area contributed by atoms with Gasteiger partial charge in [0.25, 0.3) is 11.8 Å². The van der Waals surface area contributed by atoms with Gasteiger partial charge in [0.05, 0.1) is 11.4 Å². The molecule has 1 aliphatic heterocycles. The number of nitrogens with one attached hydrogen (secondary N) is 1. The summed E-state index contributed by atoms with van der Waals surface area (Å²) < 4.78 is 5.48. The highest BCUT2D eigenvalue weighted by molar-refractivity contribution is 7.16. The van der Waals surface area contributed by atoms with Gasteiger partial charge in [0, 0.05) is 23.1 Å². The van der Waals surface area contributed by atoms with E-state index in [-0.39, 0.29) is 18.4 Å². The average Bonchev–Trinajstić information content (AvgIpc) is 3.05. The van der Waals surface area contributed by atoms with Gasteiger partial charge >= 0.3 is 0 Å². The van der Waals surface area contributed by atoms with E-state index >= 15 is 0 Å². The zero-order valence-electron chi connectivity index (χ0n) is 15.8. The molecular weight excluding hydrogens is 374 g/mol. The van der Waals surface area contributed by atoms with Crippen LogP contribution >= 0.6 is 11.3 Å². The normalized spacial score (nSPS) is 13.1. The third-order valence-electron chi connectivity index (χ3n) is 4.73. The minimum Gasteiger partial charge on any atom is -0.482 e. The van der Waals surface area contributed by atoms with Crippen LogP contribution in [0.5, 0.6) is 5.75 Å². The lowest BCUT2D eigenvalue weighted by atomic mass is 10.1. The molecule has 0 saturated carbocycles. The Labute approximate surface area is 166 Å². The van der Waals surface area contributed by atoms with Gasteiger partial charge in [0.2, 0.25) is 0 Å². The van der Waals surface area contributed by atoms with Gasteiger partial charge in [-0.15, -0.1) is 11.3 Å². The molecule has 1 aromatic heterocycles. The Balaban J connectivity index is 1.63. The molecule has 4 rings (SSSR count). The molecule has 2 amide bonds. The van der Waals surface area contributed by atoms with Crippen molar-refractivity contribution < 1.29 is 14.3 Å². The lowest BCUT2D eigenvalue weighted by Gasteiger charge is -2.26. The first kappa shape index (κ1) is 18.2. The SMILES string of the molecule is Cc1ccccc1C(=O)Nc1nc(-c2ccc3c(c2)N(C)C(=O)CO3)c(C)s1. The van der Waals surface area contributed by atoms with Gasteiger partial charge in [-0.1, -0.05) is 18.2 Å². The number of hydrogen-bond acceptors (Lipinski definition) is 5. The van der Waals surface area contributed by atoms with E-state index in [0.717, 1.165) is 21.7 Å². The number of nitrogens with zero attached hydrogens (tertiary/aromatic N) is 2. The molecule has 0 saturated heterocycles. The van der Waals surface area contributed by atoms with Crippen LogP contribution in [0.25, 0.3) is 11.3 Å². The van der Waals surface area contributed by atoms with Crippen molar-refractivity contribution in [1.29, 1.82) is 0 Å². The predicted molar refractivity (Wildman–Crippen MR) is 110 cm³/mol. The van der Waals surface area contributed by atoms with Gasteiger partial charge < -0.3 is 9.64 Å². The average molecular weight is 393 g/mol. The number of fused-ring (bicyclic) bond motifs is 1. The van der Waals surface area contributed by atoms with E-state index in [0.29, 0.717) is 22.1 Å². The van der Waals surface area contributed by atoms with Gasteiger partial charge in [-0.2, -0.15) is 0 Å². The minimum absolute atomic E-state index is 0.0493. The number of ether oxygens (including phenoxy) is 1. The molecule has 0 aliphatic carbocycles. The lowest BCUT2D eigenvalue weighted by Crippen LogP contribution is -2.35. The van der Waals surface area contributed by atoms with E-state index in [1.54, 1.807) is 18.0 Å². The fourth-order valence-corrected chi connectivity index (χ4v) is 3.96. The van der Waals surface area contributed by atoms with Crippen molar-refractivity contribution in [2.45, 2.75) is 13.8 Å². The third kappa shape index (κ3) is 3.25. The molecule has 142 valence electrons. The third-order valence-corrected chi connectivity index (χ3v) is 5.61.